The van der Waals surface area contributed by atoms with E-state index in [0.717, 1.165) is 15.4 Å². The highest BCUT2D eigenvalue weighted by Gasteiger charge is 2.30. The average Bonchev–Trinajstić information content (AvgIpc) is 2.81. The molecular weight excluding hydrogens is 454 g/mol. The van der Waals surface area contributed by atoms with Gasteiger partial charge in [0.05, 0.1) is 18.6 Å². The fourth-order valence-corrected chi connectivity index (χ4v) is 4.34. The molecule has 0 spiro atoms. The van der Waals surface area contributed by atoms with Crippen LogP contribution in [0.5, 0.6) is 5.75 Å². The van der Waals surface area contributed by atoms with E-state index in [1.54, 1.807) is 38.3 Å². The maximum Gasteiger partial charge on any atom is 0.243 e. The van der Waals surface area contributed by atoms with Gasteiger partial charge in [-0.15, -0.1) is 0 Å². The molecule has 0 heterocycles. The molecule has 0 fully saturated rings. The van der Waals surface area contributed by atoms with Gasteiger partial charge in [-0.05, 0) is 49.6 Å². The Labute approximate surface area is 202 Å². The number of nitrogens with one attached hydrogen (secondary N) is 1. The first-order valence-corrected chi connectivity index (χ1v) is 12.6. The van der Waals surface area contributed by atoms with Crippen molar-refractivity contribution in [3.63, 3.8) is 0 Å². The number of sulfonamides is 1. The summed E-state index contributed by atoms with van der Waals surface area (Å²) >= 11 is 0. The zero-order valence-corrected chi connectivity index (χ0v) is 21.6. The second-order valence-electron chi connectivity index (χ2n) is 8.76. The fourth-order valence-electron chi connectivity index (χ4n) is 3.22. The molecule has 0 aromatic heterocycles. The highest BCUT2D eigenvalue weighted by molar-refractivity contribution is 7.89. The summed E-state index contributed by atoms with van der Waals surface area (Å²) in [6, 6.07) is 12.8. The van der Waals surface area contributed by atoms with Gasteiger partial charge in [0, 0.05) is 20.1 Å². The number of aryl methyl sites for hydroxylation is 1. The van der Waals surface area contributed by atoms with Crippen LogP contribution in [-0.4, -0.2) is 62.7 Å². The molecule has 0 aliphatic rings. The van der Waals surface area contributed by atoms with Crippen molar-refractivity contribution in [2.75, 3.05) is 27.2 Å². The van der Waals surface area contributed by atoms with E-state index >= 15 is 0 Å². The van der Waals surface area contributed by atoms with E-state index in [1.165, 1.54) is 24.1 Å². The lowest BCUT2D eigenvalue weighted by Crippen LogP contribution is -2.51. The molecule has 2 aromatic rings. The van der Waals surface area contributed by atoms with Gasteiger partial charge >= 0.3 is 0 Å². The van der Waals surface area contributed by atoms with E-state index in [-0.39, 0.29) is 23.3 Å². The minimum atomic E-state index is -3.86. The van der Waals surface area contributed by atoms with Gasteiger partial charge in [-0.3, -0.25) is 9.59 Å². The monoisotopic (exact) mass is 489 g/mol. The number of ether oxygens (including phenoxy) is 1. The van der Waals surface area contributed by atoms with Gasteiger partial charge in [0.2, 0.25) is 21.8 Å². The van der Waals surface area contributed by atoms with Crippen molar-refractivity contribution in [3.8, 4) is 5.75 Å². The van der Waals surface area contributed by atoms with Gasteiger partial charge in [0.25, 0.3) is 0 Å². The number of carbonyl (C=O) groups excluding carboxylic acids is 2. The van der Waals surface area contributed by atoms with Gasteiger partial charge in [-0.25, -0.2) is 8.42 Å². The Morgan fingerprint density at radius 1 is 1.00 bits per heavy atom. The predicted molar refractivity (Wildman–Crippen MR) is 132 cm³/mol. The highest BCUT2D eigenvalue weighted by Crippen LogP contribution is 2.18. The smallest absolute Gasteiger partial charge is 0.243 e. The topological polar surface area (TPSA) is 96.0 Å². The Morgan fingerprint density at radius 3 is 2.12 bits per heavy atom. The van der Waals surface area contributed by atoms with Crippen molar-refractivity contribution >= 4 is 21.8 Å². The van der Waals surface area contributed by atoms with Gasteiger partial charge in [-0.2, -0.15) is 4.31 Å². The molecule has 2 aromatic carbocycles. The van der Waals surface area contributed by atoms with E-state index in [1.807, 2.05) is 32.9 Å². The molecular formula is C25H35N3O5S. The number of carbonyl (C=O) groups is 2. The first-order valence-electron chi connectivity index (χ1n) is 11.2. The van der Waals surface area contributed by atoms with Crippen LogP contribution in [0.25, 0.3) is 0 Å². The molecule has 34 heavy (non-hydrogen) atoms. The van der Waals surface area contributed by atoms with Crippen LogP contribution in [0.3, 0.4) is 0 Å². The standard InChI is InChI=1S/C25H35N3O5S/c1-18(2)15-26-25(30)20(4)28(16-21-9-11-22(33-6)12-10-21)24(29)17-27(5)34(31,32)23-13-7-19(3)8-14-23/h7-14,18,20H,15-17H2,1-6H3,(H,26,30)/t20-/m0/s1. The molecule has 2 amide bonds. The second kappa shape index (κ2) is 12.0. The summed E-state index contributed by atoms with van der Waals surface area (Å²) in [5.74, 6) is 0.168. The van der Waals surface area contributed by atoms with E-state index in [0.29, 0.717) is 12.3 Å². The van der Waals surface area contributed by atoms with Crippen LogP contribution in [-0.2, 0) is 26.2 Å². The molecule has 0 aliphatic heterocycles. The molecule has 186 valence electrons. The second-order valence-corrected chi connectivity index (χ2v) is 10.8. The maximum absolute atomic E-state index is 13.3. The molecule has 1 atom stereocenters. The molecule has 0 unspecified atom stereocenters. The van der Waals surface area contributed by atoms with Crippen LogP contribution < -0.4 is 10.1 Å². The summed E-state index contributed by atoms with van der Waals surface area (Å²) in [6.07, 6.45) is 0. The lowest BCUT2D eigenvalue weighted by atomic mass is 10.1. The van der Waals surface area contributed by atoms with Crippen LogP contribution >= 0.6 is 0 Å². The minimum Gasteiger partial charge on any atom is -0.497 e. The number of benzene rings is 2. The Hall–Kier alpha value is -2.91. The van der Waals surface area contributed by atoms with Gasteiger partial charge < -0.3 is 15.0 Å². The number of hydrogen-bond acceptors (Lipinski definition) is 5. The van der Waals surface area contributed by atoms with Crippen molar-refractivity contribution in [2.24, 2.45) is 5.92 Å². The maximum atomic E-state index is 13.3. The third-order valence-electron chi connectivity index (χ3n) is 5.45. The SMILES string of the molecule is COc1ccc(CN(C(=O)CN(C)S(=O)(=O)c2ccc(C)cc2)[C@@H](C)C(=O)NCC(C)C)cc1. The van der Waals surface area contributed by atoms with E-state index < -0.39 is 28.5 Å². The van der Waals surface area contributed by atoms with Crippen molar-refractivity contribution in [3.05, 3.63) is 59.7 Å². The molecule has 0 saturated heterocycles. The largest absolute Gasteiger partial charge is 0.497 e. The molecule has 1 N–H and O–H groups in total. The first-order chi connectivity index (χ1) is 15.9. The molecule has 0 radical (unpaired) electrons. The molecule has 9 heteroatoms. The number of amides is 2. The molecule has 0 bridgehead atoms. The van der Waals surface area contributed by atoms with E-state index in [9.17, 15) is 18.0 Å². The molecule has 8 nitrogen and oxygen atoms in total. The summed E-state index contributed by atoms with van der Waals surface area (Å²) in [7, 11) is -0.936. The van der Waals surface area contributed by atoms with Crippen LogP contribution in [0.1, 0.15) is 31.9 Å². The summed E-state index contributed by atoms with van der Waals surface area (Å²) in [5, 5.41) is 2.85. The van der Waals surface area contributed by atoms with Crippen LogP contribution in [0, 0.1) is 12.8 Å². The lowest BCUT2D eigenvalue weighted by Gasteiger charge is -2.30. The Kier molecular flexibility index (Phi) is 9.64. The highest BCUT2D eigenvalue weighted by atomic mass is 32.2. The normalized spacial score (nSPS) is 12.5. The zero-order chi connectivity index (χ0) is 25.5. The third-order valence-corrected chi connectivity index (χ3v) is 7.27. The summed E-state index contributed by atoms with van der Waals surface area (Å²) in [5.41, 5.74) is 1.73. The van der Waals surface area contributed by atoms with Crippen molar-refractivity contribution in [1.29, 1.82) is 0 Å². The van der Waals surface area contributed by atoms with Crippen molar-refractivity contribution in [2.45, 2.75) is 45.2 Å². The van der Waals surface area contributed by atoms with E-state index in [2.05, 4.69) is 5.32 Å². The molecule has 2 rings (SSSR count). The first kappa shape index (κ1) is 27.3. The molecule has 0 aliphatic carbocycles. The van der Waals surface area contributed by atoms with Gasteiger partial charge in [0.15, 0.2) is 0 Å². The average molecular weight is 490 g/mol. The lowest BCUT2D eigenvalue weighted by molar-refractivity contribution is -0.140. The van der Waals surface area contributed by atoms with E-state index in [4.69, 9.17) is 4.74 Å². The Bertz CT molecular complexity index is 1070. The Balaban J connectivity index is 2.25. The number of likely N-dealkylation sites (N-methyl/N-ethyl adjacent to an activating group) is 1. The summed E-state index contributed by atoms with van der Waals surface area (Å²) in [4.78, 5) is 27.6. The third kappa shape index (κ3) is 7.30. The number of nitrogens with zero attached hydrogens (tertiary/aromatic N) is 2. The number of hydrogen-bond donors (Lipinski definition) is 1. The Morgan fingerprint density at radius 2 is 1.59 bits per heavy atom. The van der Waals surface area contributed by atoms with Crippen molar-refractivity contribution in [1.82, 2.24) is 14.5 Å². The van der Waals surface area contributed by atoms with Crippen LogP contribution in [0.2, 0.25) is 0 Å². The molecule has 0 saturated carbocycles. The van der Waals surface area contributed by atoms with Crippen LogP contribution in [0.4, 0.5) is 0 Å². The van der Waals surface area contributed by atoms with Crippen LogP contribution in [0.15, 0.2) is 53.4 Å². The summed E-state index contributed by atoms with van der Waals surface area (Å²) in [6.45, 7) is 7.71. The summed E-state index contributed by atoms with van der Waals surface area (Å²) < 4.78 is 32.1. The minimum absolute atomic E-state index is 0.109. The number of methoxy groups -OCH3 is 1. The predicted octanol–water partition coefficient (Wildman–Crippen LogP) is 2.81. The number of rotatable bonds is 11. The van der Waals surface area contributed by atoms with Crippen molar-refractivity contribution < 1.29 is 22.7 Å². The fraction of sp³-hybridized carbons (Fsp3) is 0.440. The quantitative estimate of drug-likeness (QED) is 0.524. The van der Waals surface area contributed by atoms with Gasteiger partial charge in [0.1, 0.15) is 11.8 Å². The van der Waals surface area contributed by atoms with Gasteiger partial charge in [-0.1, -0.05) is 43.7 Å². The zero-order valence-electron chi connectivity index (χ0n) is 20.7.